The van der Waals surface area contributed by atoms with Gasteiger partial charge < -0.3 is 15.0 Å². The first kappa shape index (κ1) is 19.4. The third kappa shape index (κ3) is 5.33. The maximum atomic E-state index is 12.6. The molecule has 0 saturated carbocycles. The van der Waals surface area contributed by atoms with E-state index in [0.717, 1.165) is 30.1 Å². The summed E-state index contributed by atoms with van der Waals surface area (Å²) in [5.41, 5.74) is 2.91. The Morgan fingerprint density at radius 3 is 2.39 bits per heavy atom. The third-order valence-corrected chi connectivity index (χ3v) is 4.50. The largest absolute Gasteiger partial charge is 0.497 e. The van der Waals surface area contributed by atoms with Gasteiger partial charge in [0.15, 0.2) is 0 Å². The van der Waals surface area contributed by atoms with E-state index in [9.17, 15) is 4.79 Å². The van der Waals surface area contributed by atoms with Crippen molar-refractivity contribution in [1.29, 1.82) is 0 Å². The molecule has 0 fully saturated rings. The van der Waals surface area contributed by atoms with Crippen molar-refractivity contribution in [1.82, 2.24) is 9.88 Å². The molecule has 5 heteroatoms. The van der Waals surface area contributed by atoms with Crippen molar-refractivity contribution < 1.29 is 9.53 Å². The van der Waals surface area contributed by atoms with Crippen molar-refractivity contribution in [2.75, 3.05) is 26.0 Å². The van der Waals surface area contributed by atoms with Crippen LogP contribution in [0.5, 0.6) is 5.75 Å². The van der Waals surface area contributed by atoms with Gasteiger partial charge in [-0.3, -0.25) is 4.79 Å². The van der Waals surface area contributed by atoms with Gasteiger partial charge in [0.25, 0.3) is 5.91 Å². The number of hydrogen-bond donors (Lipinski definition) is 1. The smallest absolute Gasteiger partial charge is 0.255 e. The van der Waals surface area contributed by atoms with Crippen LogP contribution in [0.1, 0.15) is 21.5 Å². The van der Waals surface area contributed by atoms with Crippen molar-refractivity contribution in [3.63, 3.8) is 0 Å². The molecule has 1 aromatic heterocycles. The summed E-state index contributed by atoms with van der Waals surface area (Å²) < 4.78 is 5.17. The predicted octanol–water partition coefficient (Wildman–Crippen LogP) is 4.02. The van der Waals surface area contributed by atoms with Crippen LogP contribution in [0.25, 0.3) is 0 Å². The molecule has 144 valence electrons. The minimum Gasteiger partial charge on any atom is -0.497 e. The zero-order chi connectivity index (χ0) is 19.8. The molecule has 5 nitrogen and oxygen atoms in total. The van der Waals surface area contributed by atoms with Crippen LogP contribution >= 0.6 is 0 Å². The van der Waals surface area contributed by atoms with Crippen LogP contribution in [-0.4, -0.2) is 36.5 Å². The van der Waals surface area contributed by atoms with Gasteiger partial charge in [0, 0.05) is 26.3 Å². The van der Waals surface area contributed by atoms with E-state index < -0.39 is 0 Å². The number of aromatic nitrogens is 1. The van der Waals surface area contributed by atoms with Gasteiger partial charge >= 0.3 is 0 Å². The summed E-state index contributed by atoms with van der Waals surface area (Å²) >= 11 is 0. The molecule has 0 bridgehead atoms. The molecule has 0 atom stereocenters. The van der Waals surface area contributed by atoms with E-state index in [1.807, 2.05) is 54.6 Å². The molecule has 0 aliphatic rings. The van der Waals surface area contributed by atoms with E-state index in [1.165, 1.54) is 5.56 Å². The summed E-state index contributed by atoms with van der Waals surface area (Å²) in [4.78, 5) is 18.6. The maximum absolute atomic E-state index is 12.6. The van der Waals surface area contributed by atoms with Crippen LogP contribution in [0.4, 0.5) is 5.82 Å². The van der Waals surface area contributed by atoms with Gasteiger partial charge in [0.2, 0.25) is 0 Å². The van der Waals surface area contributed by atoms with Crippen LogP contribution in [-0.2, 0) is 13.0 Å². The number of carbonyl (C=O) groups is 1. The molecule has 0 aliphatic heterocycles. The number of hydrogen-bond acceptors (Lipinski definition) is 4. The lowest BCUT2D eigenvalue weighted by Gasteiger charge is -2.17. The Hall–Kier alpha value is -3.34. The molecule has 0 saturated heterocycles. The summed E-state index contributed by atoms with van der Waals surface area (Å²) in [6.07, 6.45) is 2.51. The van der Waals surface area contributed by atoms with E-state index in [4.69, 9.17) is 4.74 Å². The van der Waals surface area contributed by atoms with Gasteiger partial charge in [-0.15, -0.1) is 0 Å². The number of methoxy groups -OCH3 is 1. The number of amides is 1. The van der Waals surface area contributed by atoms with E-state index >= 15 is 0 Å². The molecule has 1 N–H and O–H groups in total. The number of nitrogens with one attached hydrogen (secondary N) is 1. The molecule has 2 aromatic carbocycles. The number of benzene rings is 2. The Labute approximate surface area is 166 Å². The zero-order valence-electron chi connectivity index (χ0n) is 16.3. The Bertz CT molecular complexity index is 878. The summed E-state index contributed by atoms with van der Waals surface area (Å²) in [6, 6.07) is 21.6. The van der Waals surface area contributed by atoms with Crippen molar-refractivity contribution in [3.05, 3.63) is 89.6 Å². The molecule has 0 aliphatic carbocycles. The number of anilines is 1. The molecule has 3 rings (SSSR count). The van der Waals surface area contributed by atoms with Crippen molar-refractivity contribution >= 4 is 11.7 Å². The van der Waals surface area contributed by atoms with E-state index in [1.54, 1.807) is 25.3 Å². The quantitative estimate of drug-likeness (QED) is 0.646. The SMILES string of the molecule is COc1ccc(CCNc2ccc(C(=O)N(C)Cc3ccccc3)cn2)cc1. The van der Waals surface area contributed by atoms with Crippen molar-refractivity contribution in [2.24, 2.45) is 0 Å². The maximum Gasteiger partial charge on any atom is 0.255 e. The van der Waals surface area contributed by atoms with Gasteiger partial charge in [-0.05, 0) is 41.8 Å². The van der Waals surface area contributed by atoms with Crippen LogP contribution in [0, 0.1) is 0 Å². The fraction of sp³-hybridized carbons (Fsp3) is 0.217. The standard InChI is InChI=1S/C23H25N3O2/c1-26(17-19-6-4-3-5-7-19)23(27)20-10-13-22(25-16-20)24-15-14-18-8-11-21(28-2)12-9-18/h3-13,16H,14-15,17H2,1-2H3,(H,24,25). The first-order valence-corrected chi connectivity index (χ1v) is 9.28. The molecule has 0 radical (unpaired) electrons. The Balaban J connectivity index is 1.50. The summed E-state index contributed by atoms with van der Waals surface area (Å²) in [5, 5.41) is 3.29. The lowest BCUT2D eigenvalue weighted by molar-refractivity contribution is 0.0784. The average Bonchev–Trinajstić information content (AvgIpc) is 2.75. The minimum atomic E-state index is -0.0406. The number of pyridine rings is 1. The van der Waals surface area contributed by atoms with Crippen LogP contribution in [0.15, 0.2) is 72.9 Å². The second-order valence-electron chi connectivity index (χ2n) is 6.60. The second kappa shape index (κ2) is 9.55. The Morgan fingerprint density at radius 2 is 1.75 bits per heavy atom. The normalized spacial score (nSPS) is 10.4. The molecule has 0 spiro atoms. The van der Waals surface area contributed by atoms with Crippen molar-refractivity contribution in [2.45, 2.75) is 13.0 Å². The van der Waals surface area contributed by atoms with Crippen LogP contribution in [0.3, 0.4) is 0 Å². The van der Waals surface area contributed by atoms with Gasteiger partial charge in [-0.1, -0.05) is 42.5 Å². The van der Waals surface area contributed by atoms with Gasteiger partial charge in [0.1, 0.15) is 11.6 Å². The lowest BCUT2D eigenvalue weighted by atomic mass is 10.1. The molecule has 3 aromatic rings. The number of rotatable bonds is 8. The van der Waals surface area contributed by atoms with E-state index in [-0.39, 0.29) is 5.91 Å². The highest BCUT2D eigenvalue weighted by Crippen LogP contribution is 2.13. The van der Waals surface area contributed by atoms with Gasteiger partial charge in [-0.2, -0.15) is 0 Å². The number of nitrogens with zero attached hydrogens (tertiary/aromatic N) is 2. The monoisotopic (exact) mass is 375 g/mol. The highest BCUT2D eigenvalue weighted by Gasteiger charge is 2.12. The summed E-state index contributed by atoms with van der Waals surface area (Å²) in [5.74, 6) is 1.58. The Morgan fingerprint density at radius 1 is 1.00 bits per heavy atom. The fourth-order valence-corrected chi connectivity index (χ4v) is 2.90. The molecular formula is C23H25N3O2. The molecule has 28 heavy (non-hydrogen) atoms. The topological polar surface area (TPSA) is 54.5 Å². The average molecular weight is 375 g/mol. The fourth-order valence-electron chi connectivity index (χ4n) is 2.90. The number of carbonyl (C=O) groups excluding carboxylic acids is 1. The predicted molar refractivity (Wildman–Crippen MR) is 112 cm³/mol. The van der Waals surface area contributed by atoms with Crippen molar-refractivity contribution in [3.8, 4) is 5.75 Å². The lowest BCUT2D eigenvalue weighted by Crippen LogP contribution is -2.26. The molecule has 1 amide bonds. The van der Waals surface area contributed by atoms with Crippen LogP contribution < -0.4 is 10.1 Å². The summed E-state index contributed by atoms with van der Waals surface area (Å²) in [6.45, 7) is 1.34. The summed E-state index contributed by atoms with van der Waals surface area (Å²) in [7, 11) is 3.46. The number of ether oxygens (including phenoxy) is 1. The molecule has 0 unspecified atom stereocenters. The Kier molecular flexibility index (Phi) is 6.63. The highest BCUT2D eigenvalue weighted by molar-refractivity contribution is 5.93. The van der Waals surface area contributed by atoms with E-state index in [0.29, 0.717) is 12.1 Å². The first-order chi connectivity index (χ1) is 13.7. The highest BCUT2D eigenvalue weighted by atomic mass is 16.5. The first-order valence-electron chi connectivity index (χ1n) is 9.28. The third-order valence-electron chi connectivity index (χ3n) is 4.50. The van der Waals surface area contributed by atoms with Crippen LogP contribution in [0.2, 0.25) is 0 Å². The van der Waals surface area contributed by atoms with Gasteiger partial charge in [-0.25, -0.2) is 4.98 Å². The van der Waals surface area contributed by atoms with E-state index in [2.05, 4.69) is 22.4 Å². The minimum absolute atomic E-state index is 0.0406. The van der Waals surface area contributed by atoms with Gasteiger partial charge in [0.05, 0.1) is 12.7 Å². The molecule has 1 heterocycles. The second-order valence-corrected chi connectivity index (χ2v) is 6.60. The zero-order valence-corrected chi connectivity index (χ0v) is 16.3. The molecular weight excluding hydrogens is 350 g/mol.